The summed E-state index contributed by atoms with van der Waals surface area (Å²) in [6.07, 6.45) is 0.276. The van der Waals surface area contributed by atoms with E-state index in [0.717, 1.165) is 11.3 Å². The van der Waals surface area contributed by atoms with Gasteiger partial charge >= 0.3 is 6.03 Å². The van der Waals surface area contributed by atoms with Crippen molar-refractivity contribution in [3.8, 4) is 5.75 Å². The van der Waals surface area contributed by atoms with Gasteiger partial charge in [-0.3, -0.25) is 24.7 Å². The van der Waals surface area contributed by atoms with Gasteiger partial charge in [-0.25, -0.2) is 9.00 Å². The molecule has 1 unspecified atom stereocenters. The Balaban J connectivity index is 1.91. The number of urea groups is 1. The number of nitrogens with one attached hydrogen (secondary N) is 3. The molecule has 2 rings (SSSR count). The van der Waals surface area contributed by atoms with Crippen LogP contribution in [0.15, 0.2) is 35.2 Å². The summed E-state index contributed by atoms with van der Waals surface area (Å²) in [6, 6.07) is 8.12. The monoisotopic (exact) mass is 469 g/mol. The Hall–Kier alpha value is -3.60. The van der Waals surface area contributed by atoms with Crippen LogP contribution in [0.4, 0.5) is 21.9 Å². The van der Waals surface area contributed by atoms with Crippen LogP contribution in [0, 0.1) is 27.0 Å². The van der Waals surface area contributed by atoms with Crippen LogP contribution in [0.1, 0.15) is 31.4 Å². The van der Waals surface area contributed by atoms with Crippen LogP contribution >= 0.6 is 0 Å². The molecule has 0 heterocycles. The third kappa shape index (κ3) is 7.79. The smallest absolute Gasteiger partial charge is 0.333 e. The molecule has 1 atom stereocenters. The van der Waals surface area contributed by atoms with Crippen molar-refractivity contribution in [2.75, 3.05) is 18.6 Å². The number of carbonyl (C=O) groups is 1. The Morgan fingerprint density at radius 2 is 1.82 bits per heavy atom. The quantitative estimate of drug-likeness (QED) is 0.260. The molecule has 2 aromatic rings. The van der Waals surface area contributed by atoms with Crippen molar-refractivity contribution in [3.05, 3.63) is 64.3 Å². The highest BCUT2D eigenvalue weighted by Crippen LogP contribution is 2.36. The van der Waals surface area contributed by atoms with Gasteiger partial charge in [-0.15, -0.1) is 0 Å². The van der Waals surface area contributed by atoms with Gasteiger partial charge in [0, 0.05) is 6.54 Å². The number of benzene rings is 2. The fourth-order valence-electron chi connectivity index (χ4n) is 2.78. The highest BCUT2D eigenvalue weighted by molar-refractivity contribution is 7.80. The number of hydrogen-bond donors (Lipinski definition) is 3. The number of anilines is 1. The lowest BCUT2D eigenvalue weighted by Crippen LogP contribution is -2.40. The Labute approximate surface area is 196 Å². The number of aryl methyl sites for hydroxylation is 2. The Bertz CT molecular complexity index is 1110. The van der Waals surface area contributed by atoms with Crippen LogP contribution in [0.5, 0.6) is 5.75 Å². The van der Waals surface area contributed by atoms with E-state index in [0.29, 0.717) is 19.6 Å². The molecule has 0 aromatic heterocycles. The molecule has 174 valence electrons. The summed E-state index contributed by atoms with van der Waals surface area (Å²) in [5.74, 6) is 0.814. The van der Waals surface area contributed by atoms with Gasteiger partial charge in [0.25, 0.3) is 0 Å². The van der Waals surface area contributed by atoms with Crippen LogP contribution in [0.3, 0.4) is 0 Å². The maximum atomic E-state index is 12.5. The molecule has 3 N–H and O–H groups in total. The molecule has 0 saturated heterocycles. The molecule has 9 nitrogen and oxygen atoms in total. The van der Waals surface area contributed by atoms with E-state index in [4.69, 9.17) is 22.1 Å². The zero-order chi connectivity index (χ0) is 24.4. The molecule has 0 bridgehead atoms. The van der Waals surface area contributed by atoms with Crippen LogP contribution in [-0.4, -0.2) is 29.5 Å². The molecule has 0 spiro atoms. The van der Waals surface area contributed by atoms with E-state index in [1.54, 1.807) is 13.8 Å². The third-order valence-corrected chi connectivity index (χ3v) is 5.54. The largest absolute Gasteiger partial charge is 0.493 e. The van der Waals surface area contributed by atoms with Crippen molar-refractivity contribution < 1.29 is 17.9 Å². The molecular formula is C23H27N5O4S. The summed E-state index contributed by atoms with van der Waals surface area (Å²) in [5, 5.41) is 2.69. The molecule has 0 fully saturated rings. The molecule has 33 heavy (non-hydrogen) atoms. The number of hydrazine groups is 1. The van der Waals surface area contributed by atoms with Gasteiger partial charge in [-0.1, -0.05) is 17.7 Å². The summed E-state index contributed by atoms with van der Waals surface area (Å²) >= 11 is -1.89. The zero-order valence-electron chi connectivity index (χ0n) is 19.0. The molecule has 2 amide bonds. The van der Waals surface area contributed by atoms with E-state index in [-0.39, 0.29) is 28.1 Å². The minimum absolute atomic E-state index is 0.0551. The summed E-state index contributed by atoms with van der Waals surface area (Å²) in [7, 11) is 0. The Morgan fingerprint density at radius 3 is 2.45 bits per heavy atom. The van der Waals surface area contributed by atoms with Crippen LogP contribution in [0.25, 0.3) is 9.69 Å². The van der Waals surface area contributed by atoms with E-state index < -0.39 is 17.1 Å². The second kappa shape index (κ2) is 12.4. The van der Waals surface area contributed by atoms with Crippen molar-refractivity contribution in [3.63, 3.8) is 0 Å². The van der Waals surface area contributed by atoms with Crippen molar-refractivity contribution in [1.29, 1.82) is 0 Å². The van der Waals surface area contributed by atoms with Crippen molar-refractivity contribution in [2.45, 2.75) is 45.1 Å². The third-order valence-electron chi connectivity index (χ3n) is 4.28. The average Bonchev–Trinajstić information content (AvgIpc) is 2.77. The number of hydrogen-bond acceptors (Lipinski definition) is 5. The first-order valence-corrected chi connectivity index (χ1v) is 11.3. The van der Waals surface area contributed by atoms with E-state index in [2.05, 4.69) is 25.9 Å². The first kappa shape index (κ1) is 25.7. The number of ether oxygens (including phenoxy) is 1. The molecular weight excluding hydrogens is 442 g/mol. The molecule has 0 saturated carbocycles. The predicted octanol–water partition coefficient (Wildman–Crippen LogP) is 4.95. The summed E-state index contributed by atoms with van der Waals surface area (Å²) in [4.78, 5) is 18.9. The van der Waals surface area contributed by atoms with Crippen molar-refractivity contribution in [2.24, 2.45) is 0 Å². The fourth-order valence-corrected chi connectivity index (χ4v) is 3.74. The minimum Gasteiger partial charge on any atom is -0.493 e. The highest BCUT2D eigenvalue weighted by atomic mass is 32.2. The molecule has 2 aromatic carbocycles. The number of amides is 2. The van der Waals surface area contributed by atoms with Gasteiger partial charge in [0.2, 0.25) is 0 Å². The van der Waals surface area contributed by atoms with Gasteiger partial charge in [0.1, 0.15) is 5.75 Å². The summed E-state index contributed by atoms with van der Waals surface area (Å²) in [5.41, 5.74) is 7.67. The van der Waals surface area contributed by atoms with Gasteiger partial charge < -0.3 is 10.1 Å². The standard InChI is InChI=1S/C23H27N5O4S/c1-15(2)32-33(30)22-14-19(25-6)18(24-5)13-20(22)27-28-23(29)26-10-7-11-31-21-9-8-16(3)12-17(21)4/h8-9,12-15,27H,7,10-11H2,1-4H3,(H2,26,28,29). The lowest BCUT2D eigenvalue weighted by Gasteiger charge is -2.15. The lowest BCUT2D eigenvalue weighted by atomic mass is 10.1. The Morgan fingerprint density at radius 1 is 1.12 bits per heavy atom. The maximum absolute atomic E-state index is 12.5. The number of nitrogens with zero attached hydrogens (tertiary/aromatic N) is 2. The van der Waals surface area contributed by atoms with E-state index in [1.807, 2.05) is 32.0 Å². The number of carbonyl (C=O) groups excluding carboxylic acids is 1. The van der Waals surface area contributed by atoms with E-state index >= 15 is 0 Å². The second-order valence-corrected chi connectivity index (χ2v) is 8.52. The SMILES string of the molecule is [C-]#[N+]c1cc(NNC(=O)NCCCOc2ccc(C)cc2C)c(S(=O)OC(C)C)cc1[N+]#[C-]. The van der Waals surface area contributed by atoms with Crippen LogP contribution < -0.4 is 20.9 Å². The molecule has 0 aliphatic rings. The topological polar surface area (TPSA) is 97.4 Å². The lowest BCUT2D eigenvalue weighted by molar-refractivity contribution is 0.241. The van der Waals surface area contributed by atoms with Gasteiger partial charge in [0.05, 0.1) is 36.4 Å². The van der Waals surface area contributed by atoms with Crippen molar-refractivity contribution in [1.82, 2.24) is 10.7 Å². The fraction of sp³-hybridized carbons (Fsp3) is 0.348. The first-order valence-electron chi connectivity index (χ1n) is 10.3. The number of rotatable bonds is 10. The van der Waals surface area contributed by atoms with Gasteiger partial charge in [-0.2, -0.15) is 0 Å². The van der Waals surface area contributed by atoms with E-state index in [9.17, 15) is 9.00 Å². The maximum Gasteiger partial charge on any atom is 0.333 e. The highest BCUT2D eigenvalue weighted by Gasteiger charge is 2.17. The average molecular weight is 470 g/mol. The predicted molar refractivity (Wildman–Crippen MR) is 128 cm³/mol. The van der Waals surface area contributed by atoms with Crippen LogP contribution in [-0.2, 0) is 15.3 Å². The minimum atomic E-state index is -1.89. The zero-order valence-corrected chi connectivity index (χ0v) is 19.8. The first-order chi connectivity index (χ1) is 15.7. The van der Waals surface area contributed by atoms with E-state index in [1.165, 1.54) is 17.7 Å². The second-order valence-electron chi connectivity index (χ2n) is 7.42. The molecule has 0 aliphatic carbocycles. The Kier molecular flexibility index (Phi) is 9.67. The van der Waals surface area contributed by atoms with Crippen LogP contribution in [0.2, 0.25) is 0 Å². The molecule has 10 heteroatoms. The summed E-state index contributed by atoms with van der Waals surface area (Å²) in [6.45, 7) is 22.7. The molecule has 0 radical (unpaired) electrons. The normalized spacial score (nSPS) is 11.2. The van der Waals surface area contributed by atoms with Gasteiger partial charge in [0.15, 0.2) is 22.5 Å². The van der Waals surface area contributed by atoms with Crippen molar-refractivity contribution >= 4 is 34.2 Å². The summed E-state index contributed by atoms with van der Waals surface area (Å²) < 4.78 is 23.6. The van der Waals surface area contributed by atoms with Gasteiger partial charge in [-0.05, 0) is 57.9 Å². The molecule has 0 aliphatic heterocycles.